The van der Waals surface area contributed by atoms with Crippen LogP contribution in [0.3, 0.4) is 0 Å². The van der Waals surface area contributed by atoms with Gasteiger partial charge in [0.2, 0.25) is 0 Å². The van der Waals surface area contributed by atoms with E-state index in [1.165, 1.54) is 30.6 Å². The molecule has 19 heavy (non-hydrogen) atoms. The summed E-state index contributed by atoms with van der Waals surface area (Å²) in [7, 11) is 0. The molecule has 0 saturated carbocycles. The molecule has 0 aliphatic heterocycles. The maximum absolute atomic E-state index is 13.4. The molecule has 96 valence electrons. The Morgan fingerprint density at radius 1 is 1.37 bits per heavy atom. The summed E-state index contributed by atoms with van der Waals surface area (Å²) in [5.74, 6) is -1.47. The molecule has 0 atom stereocenters. The van der Waals surface area contributed by atoms with Crippen LogP contribution in [0.2, 0.25) is 0 Å². The van der Waals surface area contributed by atoms with Crippen LogP contribution in [0.1, 0.15) is 20.7 Å². The number of rotatable bonds is 4. The Hall–Kier alpha value is -2.76. The molecule has 5 nitrogen and oxygen atoms in total. The van der Waals surface area contributed by atoms with Crippen molar-refractivity contribution in [1.82, 2.24) is 10.5 Å². The molecular weight excluding hydrogens is 251 g/mol. The van der Waals surface area contributed by atoms with Gasteiger partial charge in [-0.15, -0.1) is 0 Å². The maximum Gasteiger partial charge on any atom is 0.285 e. The van der Waals surface area contributed by atoms with Gasteiger partial charge in [-0.2, -0.15) is 5.48 Å². The quantitative estimate of drug-likeness (QED) is 0.671. The van der Waals surface area contributed by atoms with E-state index in [0.717, 1.165) is 6.07 Å². The van der Waals surface area contributed by atoms with Gasteiger partial charge >= 0.3 is 0 Å². The van der Waals surface area contributed by atoms with Crippen LogP contribution in [0.5, 0.6) is 5.75 Å². The third-order valence-electron chi connectivity index (χ3n) is 2.27. The van der Waals surface area contributed by atoms with E-state index in [1.54, 1.807) is 6.07 Å². The van der Waals surface area contributed by atoms with Crippen LogP contribution >= 0.6 is 0 Å². The first-order chi connectivity index (χ1) is 9.20. The molecule has 0 unspecified atom stereocenters. The second kappa shape index (κ2) is 5.72. The zero-order valence-corrected chi connectivity index (χ0v) is 9.67. The lowest BCUT2D eigenvalue weighted by Crippen LogP contribution is -2.27. The van der Waals surface area contributed by atoms with Crippen LogP contribution in [0.25, 0.3) is 0 Å². The SMILES string of the molecule is O=Cc1ccc(ONC(=O)c2cccnc2)c(F)c1. The van der Waals surface area contributed by atoms with Gasteiger partial charge in [0.05, 0.1) is 5.56 Å². The average Bonchev–Trinajstić information content (AvgIpc) is 2.46. The molecule has 0 saturated heterocycles. The first-order valence-electron chi connectivity index (χ1n) is 5.32. The standard InChI is InChI=1S/C13H9FN2O3/c14-11-6-9(8-17)3-4-12(11)19-16-13(18)10-2-1-5-15-7-10/h1-8H,(H,16,18). The molecule has 6 heteroatoms. The number of aldehydes is 1. The Kier molecular flexibility index (Phi) is 3.82. The predicted molar refractivity (Wildman–Crippen MR) is 64.1 cm³/mol. The first kappa shape index (κ1) is 12.7. The summed E-state index contributed by atoms with van der Waals surface area (Å²) in [6, 6.07) is 6.77. The van der Waals surface area contributed by atoms with Crippen molar-refractivity contribution in [1.29, 1.82) is 0 Å². The lowest BCUT2D eigenvalue weighted by atomic mass is 10.2. The molecule has 0 spiro atoms. The second-order valence-corrected chi connectivity index (χ2v) is 3.58. The van der Waals surface area contributed by atoms with Crippen LogP contribution in [-0.2, 0) is 0 Å². The van der Waals surface area contributed by atoms with Crippen LogP contribution in [0.15, 0.2) is 42.7 Å². The highest BCUT2D eigenvalue weighted by molar-refractivity contribution is 5.93. The summed E-state index contributed by atoms with van der Waals surface area (Å²) in [6.07, 6.45) is 3.39. The van der Waals surface area contributed by atoms with E-state index in [-0.39, 0.29) is 16.9 Å². The van der Waals surface area contributed by atoms with Gasteiger partial charge in [-0.1, -0.05) is 0 Å². The van der Waals surface area contributed by atoms with Gasteiger partial charge in [0.1, 0.15) is 6.29 Å². The highest BCUT2D eigenvalue weighted by Crippen LogP contribution is 2.16. The summed E-state index contributed by atoms with van der Waals surface area (Å²) >= 11 is 0. The smallest absolute Gasteiger partial charge is 0.285 e. The number of pyridine rings is 1. The number of halogens is 1. The van der Waals surface area contributed by atoms with Crippen molar-refractivity contribution in [2.24, 2.45) is 0 Å². The van der Waals surface area contributed by atoms with Crippen molar-refractivity contribution in [3.8, 4) is 5.75 Å². The molecule has 0 bridgehead atoms. The van der Waals surface area contributed by atoms with Crippen LogP contribution in [0, 0.1) is 5.82 Å². The van der Waals surface area contributed by atoms with Gasteiger partial charge in [0, 0.05) is 18.0 Å². The summed E-state index contributed by atoms with van der Waals surface area (Å²) < 4.78 is 13.4. The number of benzene rings is 1. The average molecular weight is 260 g/mol. The highest BCUT2D eigenvalue weighted by atomic mass is 19.1. The highest BCUT2D eigenvalue weighted by Gasteiger charge is 2.09. The molecule has 0 radical (unpaired) electrons. The minimum atomic E-state index is -0.740. The third kappa shape index (κ3) is 3.12. The first-order valence-corrected chi connectivity index (χ1v) is 5.32. The molecule has 1 amide bonds. The number of amides is 1. The minimum Gasteiger partial charge on any atom is -0.376 e. The number of carbonyl (C=O) groups excluding carboxylic acids is 2. The van der Waals surface area contributed by atoms with Gasteiger partial charge in [0.25, 0.3) is 5.91 Å². The molecule has 1 heterocycles. The van der Waals surface area contributed by atoms with E-state index in [0.29, 0.717) is 6.29 Å². The molecule has 1 aromatic carbocycles. The van der Waals surface area contributed by atoms with Gasteiger partial charge < -0.3 is 4.84 Å². The zero-order chi connectivity index (χ0) is 13.7. The van der Waals surface area contributed by atoms with Gasteiger partial charge in [-0.25, -0.2) is 4.39 Å². The molecule has 2 rings (SSSR count). The van der Waals surface area contributed by atoms with Crippen molar-refractivity contribution < 1.29 is 18.8 Å². The van der Waals surface area contributed by atoms with Crippen LogP contribution in [0.4, 0.5) is 4.39 Å². The molecule has 0 aliphatic rings. The molecule has 1 N–H and O–H groups in total. The molecule has 0 fully saturated rings. The molecule has 2 aromatic rings. The van der Waals surface area contributed by atoms with E-state index >= 15 is 0 Å². The number of hydrogen-bond donors (Lipinski definition) is 1. The van der Waals surface area contributed by atoms with Gasteiger partial charge in [0.15, 0.2) is 11.6 Å². The Labute approximate surface area is 108 Å². The fourth-order valence-electron chi connectivity index (χ4n) is 1.33. The summed E-state index contributed by atoms with van der Waals surface area (Å²) in [6.45, 7) is 0. The summed E-state index contributed by atoms with van der Waals surface area (Å²) in [5.41, 5.74) is 2.55. The Balaban J connectivity index is 2.03. The van der Waals surface area contributed by atoms with Crippen LogP contribution in [-0.4, -0.2) is 17.2 Å². The number of nitrogens with one attached hydrogen (secondary N) is 1. The third-order valence-corrected chi connectivity index (χ3v) is 2.27. The molecule has 0 aliphatic carbocycles. The van der Waals surface area contributed by atoms with Crippen LogP contribution < -0.4 is 10.3 Å². The van der Waals surface area contributed by atoms with Crippen molar-refractivity contribution >= 4 is 12.2 Å². The predicted octanol–water partition coefficient (Wildman–Crippen LogP) is 1.76. The minimum absolute atomic E-state index is 0.178. The number of hydrogen-bond acceptors (Lipinski definition) is 4. The van der Waals surface area contributed by atoms with E-state index in [2.05, 4.69) is 10.5 Å². The summed E-state index contributed by atoms with van der Waals surface area (Å²) in [5, 5.41) is 0. The normalized spacial score (nSPS) is 9.74. The zero-order valence-electron chi connectivity index (χ0n) is 9.67. The lowest BCUT2D eigenvalue weighted by Gasteiger charge is -2.07. The van der Waals surface area contributed by atoms with Crippen molar-refractivity contribution in [3.63, 3.8) is 0 Å². The van der Waals surface area contributed by atoms with Gasteiger partial charge in [-0.05, 0) is 30.3 Å². The van der Waals surface area contributed by atoms with E-state index < -0.39 is 11.7 Å². The number of hydroxylamine groups is 1. The summed E-state index contributed by atoms with van der Waals surface area (Å²) in [4.78, 5) is 30.6. The van der Waals surface area contributed by atoms with Crippen molar-refractivity contribution in [3.05, 3.63) is 59.7 Å². The van der Waals surface area contributed by atoms with Crippen molar-refractivity contribution in [2.45, 2.75) is 0 Å². The van der Waals surface area contributed by atoms with E-state index in [9.17, 15) is 14.0 Å². The topological polar surface area (TPSA) is 68.3 Å². The maximum atomic E-state index is 13.4. The molecule has 1 aromatic heterocycles. The monoisotopic (exact) mass is 260 g/mol. The van der Waals surface area contributed by atoms with Gasteiger partial charge in [-0.3, -0.25) is 14.6 Å². The molecular formula is C13H9FN2O3. The van der Waals surface area contributed by atoms with E-state index in [1.807, 2.05) is 0 Å². The Morgan fingerprint density at radius 2 is 2.21 bits per heavy atom. The van der Waals surface area contributed by atoms with Crippen molar-refractivity contribution in [2.75, 3.05) is 0 Å². The second-order valence-electron chi connectivity index (χ2n) is 3.58. The largest absolute Gasteiger partial charge is 0.376 e. The lowest BCUT2D eigenvalue weighted by molar-refractivity contribution is 0.0751. The fraction of sp³-hybridized carbons (Fsp3) is 0. The van der Waals surface area contributed by atoms with E-state index in [4.69, 9.17) is 4.84 Å². The number of nitrogens with zero attached hydrogens (tertiary/aromatic N) is 1. The Bertz CT molecular complexity index is 602. The number of aromatic nitrogens is 1. The fourth-order valence-corrected chi connectivity index (χ4v) is 1.33. The number of carbonyl (C=O) groups is 2. The Morgan fingerprint density at radius 3 is 2.84 bits per heavy atom.